The van der Waals surface area contributed by atoms with E-state index in [1.807, 2.05) is 6.07 Å². The summed E-state index contributed by atoms with van der Waals surface area (Å²) in [7, 11) is 1.51. The van der Waals surface area contributed by atoms with E-state index in [9.17, 15) is 9.59 Å². The topological polar surface area (TPSA) is 111 Å². The maximum absolute atomic E-state index is 12.5. The summed E-state index contributed by atoms with van der Waals surface area (Å²) in [6.45, 7) is 10.7. The first-order chi connectivity index (χ1) is 11.3. The summed E-state index contributed by atoms with van der Waals surface area (Å²) in [5, 5.41) is 2.44. The number of benzene rings is 1. The second-order valence-corrected chi connectivity index (χ2v) is 7.25. The lowest BCUT2D eigenvalue weighted by molar-refractivity contribution is -0.129. The Hall–Kier alpha value is -2.54. The van der Waals surface area contributed by atoms with E-state index in [0.29, 0.717) is 5.69 Å². The molecule has 138 valence electrons. The Bertz CT molecular complexity index is 663. The predicted octanol–water partition coefficient (Wildman–Crippen LogP) is 2.29. The van der Waals surface area contributed by atoms with Crippen molar-refractivity contribution in [3.63, 3.8) is 0 Å². The normalized spacial score (nSPS) is 13.5. The molecule has 1 rings (SSSR count). The van der Waals surface area contributed by atoms with Gasteiger partial charge >= 0.3 is 6.09 Å². The molecule has 0 fully saturated rings. The summed E-state index contributed by atoms with van der Waals surface area (Å²) in [4.78, 5) is 25.5. The highest BCUT2D eigenvalue weighted by molar-refractivity contribution is 5.80. The van der Waals surface area contributed by atoms with E-state index in [0.717, 1.165) is 5.56 Å². The Labute approximate surface area is 149 Å². The molecule has 1 atom stereocenters. The van der Waals surface area contributed by atoms with Crippen molar-refractivity contribution in [2.45, 2.75) is 45.3 Å². The van der Waals surface area contributed by atoms with Gasteiger partial charge in [-0.2, -0.15) is 0 Å². The quantitative estimate of drug-likeness (QED) is 0.707. The van der Waals surface area contributed by atoms with Crippen molar-refractivity contribution in [1.82, 2.24) is 10.2 Å². The Morgan fingerprint density at radius 2 is 1.88 bits per heavy atom. The second kappa shape index (κ2) is 7.57. The number of alkyl carbamates (subject to hydrolysis) is 1. The summed E-state index contributed by atoms with van der Waals surface area (Å²) in [5.41, 5.74) is 11.8. The number of rotatable bonds is 5. The molecule has 0 aliphatic heterocycles. The molecule has 1 aromatic rings. The number of carbonyl (C=O) groups excluding carboxylic acids is 2. The number of nitrogens with zero attached hydrogens (tertiary/aromatic N) is 1. The van der Waals surface area contributed by atoms with Crippen molar-refractivity contribution in [2.75, 3.05) is 12.8 Å². The van der Waals surface area contributed by atoms with Gasteiger partial charge < -0.3 is 21.1 Å². The maximum Gasteiger partial charge on any atom is 0.413 e. The van der Waals surface area contributed by atoms with Crippen LogP contribution in [0.2, 0.25) is 0 Å². The third kappa shape index (κ3) is 6.46. The largest absolute Gasteiger partial charge is 0.444 e. The van der Waals surface area contributed by atoms with Gasteiger partial charge in [-0.05, 0) is 45.4 Å². The number of ether oxygens (including phenoxy) is 1. The SMILES string of the molecule is C=C(NC(=O)OC(C)(C)C)N(C)C(=O)C[C@](C)(N)c1cccc(N)c1. The van der Waals surface area contributed by atoms with Crippen molar-refractivity contribution in [3.8, 4) is 0 Å². The second-order valence-electron chi connectivity index (χ2n) is 7.25. The zero-order chi connectivity index (χ0) is 19.4. The smallest absolute Gasteiger partial charge is 0.413 e. The van der Waals surface area contributed by atoms with Gasteiger partial charge in [0.2, 0.25) is 5.91 Å². The summed E-state index contributed by atoms with van der Waals surface area (Å²) in [6, 6.07) is 7.09. The highest BCUT2D eigenvalue weighted by atomic mass is 16.6. The molecule has 7 heteroatoms. The van der Waals surface area contributed by atoms with Crippen molar-refractivity contribution >= 4 is 17.7 Å². The molecule has 0 spiro atoms. The fourth-order valence-corrected chi connectivity index (χ4v) is 2.08. The van der Waals surface area contributed by atoms with E-state index in [-0.39, 0.29) is 18.1 Å². The number of amides is 2. The molecule has 0 aliphatic carbocycles. The molecule has 0 heterocycles. The molecule has 25 heavy (non-hydrogen) atoms. The number of nitrogens with one attached hydrogen (secondary N) is 1. The maximum atomic E-state index is 12.5. The molecule has 7 nitrogen and oxygen atoms in total. The first-order valence-corrected chi connectivity index (χ1v) is 7.92. The monoisotopic (exact) mass is 348 g/mol. The molecule has 0 unspecified atom stereocenters. The van der Waals surface area contributed by atoms with Gasteiger partial charge in [-0.3, -0.25) is 10.1 Å². The molecular formula is C18H28N4O3. The van der Waals surface area contributed by atoms with Crippen LogP contribution in [0.25, 0.3) is 0 Å². The van der Waals surface area contributed by atoms with E-state index in [1.165, 1.54) is 11.9 Å². The van der Waals surface area contributed by atoms with E-state index in [4.69, 9.17) is 16.2 Å². The third-order valence-corrected chi connectivity index (χ3v) is 3.49. The first kappa shape index (κ1) is 20.5. The lowest BCUT2D eigenvalue weighted by Crippen LogP contribution is -2.43. The zero-order valence-electron chi connectivity index (χ0n) is 15.6. The third-order valence-electron chi connectivity index (χ3n) is 3.49. The zero-order valence-corrected chi connectivity index (χ0v) is 15.6. The molecule has 2 amide bonds. The van der Waals surface area contributed by atoms with Gasteiger partial charge in [0.1, 0.15) is 11.4 Å². The van der Waals surface area contributed by atoms with Crippen LogP contribution < -0.4 is 16.8 Å². The van der Waals surface area contributed by atoms with E-state index < -0.39 is 17.2 Å². The van der Waals surface area contributed by atoms with E-state index in [1.54, 1.807) is 45.9 Å². The first-order valence-electron chi connectivity index (χ1n) is 7.92. The highest BCUT2D eigenvalue weighted by Gasteiger charge is 2.28. The minimum absolute atomic E-state index is 0.0158. The minimum Gasteiger partial charge on any atom is -0.444 e. The van der Waals surface area contributed by atoms with Crippen LogP contribution >= 0.6 is 0 Å². The van der Waals surface area contributed by atoms with E-state index >= 15 is 0 Å². The van der Waals surface area contributed by atoms with Crippen molar-refractivity contribution in [2.24, 2.45) is 5.73 Å². The Balaban J connectivity index is 2.72. The number of hydrogen-bond donors (Lipinski definition) is 3. The van der Waals surface area contributed by atoms with Crippen LogP contribution in [-0.4, -0.2) is 29.5 Å². The molecule has 0 radical (unpaired) electrons. The standard InChI is InChI=1S/C18H28N4O3/c1-12(21-16(24)25-17(2,3)4)22(6)15(23)11-18(5,20)13-8-7-9-14(19)10-13/h7-10H,1,11,19-20H2,2-6H3,(H,21,24)/t18-/m0/s1. The molecule has 5 N–H and O–H groups in total. The Morgan fingerprint density at radius 1 is 1.28 bits per heavy atom. The van der Waals surface area contributed by atoms with Crippen LogP contribution in [0.5, 0.6) is 0 Å². The molecule has 0 saturated carbocycles. The van der Waals surface area contributed by atoms with Gasteiger partial charge in [0.15, 0.2) is 0 Å². The van der Waals surface area contributed by atoms with Crippen molar-refractivity contribution < 1.29 is 14.3 Å². The molecule has 0 aliphatic rings. The van der Waals surface area contributed by atoms with Crippen LogP contribution in [-0.2, 0) is 15.1 Å². The van der Waals surface area contributed by atoms with Crippen LogP contribution in [0.15, 0.2) is 36.7 Å². The van der Waals surface area contributed by atoms with Gasteiger partial charge in [0, 0.05) is 24.7 Å². The van der Waals surface area contributed by atoms with Gasteiger partial charge in [-0.15, -0.1) is 0 Å². The highest BCUT2D eigenvalue weighted by Crippen LogP contribution is 2.24. The van der Waals surface area contributed by atoms with Gasteiger partial charge in [-0.25, -0.2) is 4.79 Å². The number of hydrogen-bond acceptors (Lipinski definition) is 5. The van der Waals surface area contributed by atoms with Crippen LogP contribution in [0.3, 0.4) is 0 Å². The predicted molar refractivity (Wildman–Crippen MR) is 98.3 cm³/mol. The van der Waals surface area contributed by atoms with Crippen molar-refractivity contribution in [1.29, 1.82) is 0 Å². The fraction of sp³-hybridized carbons (Fsp3) is 0.444. The van der Waals surface area contributed by atoms with Crippen LogP contribution in [0.4, 0.5) is 10.5 Å². The number of anilines is 1. The molecule has 0 saturated heterocycles. The lowest BCUT2D eigenvalue weighted by Gasteiger charge is -2.29. The Kier molecular flexibility index (Phi) is 6.20. The van der Waals surface area contributed by atoms with Crippen molar-refractivity contribution in [3.05, 3.63) is 42.2 Å². The molecule has 0 bridgehead atoms. The van der Waals surface area contributed by atoms with Gasteiger partial charge in [0.25, 0.3) is 0 Å². The van der Waals surface area contributed by atoms with Crippen LogP contribution in [0.1, 0.15) is 39.7 Å². The van der Waals surface area contributed by atoms with Gasteiger partial charge in [-0.1, -0.05) is 18.7 Å². The number of nitrogen functional groups attached to an aromatic ring is 1. The molecule has 0 aromatic heterocycles. The summed E-state index contributed by atoms with van der Waals surface area (Å²) < 4.78 is 5.13. The lowest BCUT2D eigenvalue weighted by atomic mass is 9.89. The van der Waals surface area contributed by atoms with Crippen LogP contribution in [0, 0.1) is 0 Å². The summed E-state index contributed by atoms with van der Waals surface area (Å²) in [5.74, 6) is -0.184. The average Bonchev–Trinajstić information content (AvgIpc) is 2.43. The summed E-state index contributed by atoms with van der Waals surface area (Å²) in [6.07, 6.45) is -0.661. The average molecular weight is 348 g/mol. The summed E-state index contributed by atoms with van der Waals surface area (Å²) >= 11 is 0. The van der Waals surface area contributed by atoms with Gasteiger partial charge in [0.05, 0.1) is 0 Å². The molecular weight excluding hydrogens is 320 g/mol. The minimum atomic E-state index is -0.910. The van der Waals surface area contributed by atoms with E-state index in [2.05, 4.69) is 11.9 Å². The molecule has 1 aromatic carbocycles. The Morgan fingerprint density at radius 3 is 2.40 bits per heavy atom. The fourth-order valence-electron chi connectivity index (χ4n) is 2.08. The number of carbonyl (C=O) groups is 2. The number of nitrogens with two attached hydrogens (primary N) is 2.